The lowest BCUT2D eigenvalue weighted by Gasteiger charge is -2.18. The van der Waals surface area contributed by atoms with Gasteiger partial charge in [0.25, 0.3) is 5.91 Å². The van der Waals surface area contributed by atoms with Crippen LogP contribution in [-0.4, -0.2) is 38.9 Å². The number of aryl methyl sites for hydroxylation is 2. The van der Waals surface area contributed by atoms with E-state index in [1.54, 1.807) is 22.7 Å². The second kappa shape index (κ2) is 6.85. The zero-order valence-corrected chi connectivity index (χ0v) is 16.6. The van der Waals surface area contributed by atoms with Gasteiger partial charge in [-0.15, -0.1) is 10.2 Å². The summed E-state index contributed by atoms with van der Waals surface area (Å²) in [5.74, 6) is 1.77. The molecule has 5 rings (SSSR count). The van der Waals surface area contributed by atoms with Gasteiger partial charge >= 0.3 is 0 Å². The van der Waals surface area contributed by atoms with E-state index >= 15 is 0 Å². The van der Waals surface area contributed by atoms with Gasteiger partial charge in [0.1, 0.15) is 18.2 Å². The number of nitrogens with zero attached hydrogens (tertiary/aromatic N) is 4. The van der Waals surface area contributed by atoms with E-state index in [0.29, 0.717) is 30.3 Å². The van der Waals surface area contributed by atoms with E-state index in [1.807, 2.05) is 32.0 Å². The van der Waals surface area contributed by atoms with Crippen molar-refractivity contribution in [2.24, 2.45) is 0 Å². The first-order valence-electron chi connectivity index (χ1n) is 9.09. The standard InChI is InChI=1S/C20H17N5O3S/c1-11-3-4-14(19-24-25-12(2)22-23-20(25)29-19)9-15(11)21-18(26)13-5-6-16-17(10-13)28-8-7-27-16/h3-6,9-10H,7-8H2,1-2H3,(H,21,26). The molecule has 0 saturated heterocycles. The van der Waals surface area contributed by atoms with E-state index in [-0.39, 0.29) is 5.91 Å². The molecule has 9 heteroatoms. The molecule has 3 heterocycles. The molecule has 1 amide bonds. The molecule has 0 atom stereocenters. The Balaban J connectivity index is 1.43. The fraction of sp³-hybridized carbons (Fsp3) is 0.200. The Hall–Kier alpha value is -3.46. The summed E-state index contributed by atoms with van der Waals surface area (Å²) in [6.45, 7) is 4.80. The van der Waals surface area contributed by atoms with Gasteiger partial charge in [0.2, 0.25) is 4.96 Å². The SMILES string of the molecule is Cc1ccc(-c2nn3c(C)nnc3s2)cc1NC(=O)c1ccc2c(c1)OCCO2. The van der Waals surface area contributed by atoms with Crippen molar-refractivity contribution in [2.75, 3.05) is 18.5 Å². The average Bonchev–Trinajstić information content (AvgIpc) is 3.31. The second-order valence-corrected chi connectivity index (χ2v) is 7.65. The number of rotatable bonds is 3. The predicted molar refractivity (Wildman–Crippen MR) is 109 cm³/mol. The van der Waals surface area contributed by atoms with Crippen LogP contribution in [0.1, 0.15) is 21.7 Å². The van der Waals surface area contributed by atoms with Gasteiger partial charge in [0.05, 0.1) is 0 Å². The van der Waals surface area contributed by atoms with Crippen molar-refractivity contribution in [3.8, 4) is 22.1 Å². The quantitative estimate of drug-likeness (QED) is 0.559. The van der Waals surface area contributed by atoms with Crippen LogP contribution in [0.3, 0.4) is 0 Å². The molecule has 0 bridgehead atoms. The van der Waals surface area contributed by atoms with E-state index < -0.39 is 0 Å². The lowest BCUT2D eigenvalue weighted by molar-refractivity contribution is 0.102. The number of aromatic nitrogens is 4. The maximum Gasteiger partial charge on any atom is 0.255 e. The lowest BCUT2D eigenvalue weighted by Crippen LogP contribution is -2.17. The van der Waals surface area contributed by atoms with E-state index in [2.05, 4.69) is 20.6 Å². The number of amides is 1. The van der Waals surface area contributed by atoms with E-state index in [1.165, 1.54) is 11.3 Å². The van der Waals surface area contributed by atoms with Crippen LogP contribution in [-0.2, 0) is 0 Å². The average molecular weight is 407 g/mol. The van der Waals surface area contributed by atoms with Crippen molar-refractivity contribution in [1.29, 1.82) is 0 Å². The number of benzene rings is 2. The van der Waals surface area contributed by atoms with Crippen LogP contribution in [0.4, 0.5) is 5.69 Å². The number of carbonyl (C=O) groups excluding carboxylic acids is 1. The van der Waals surface area contributed by atoms with Crippen LogP contribution in [0.15, 0.2) is 36.4 Å². The van der Waals surface area contributed by atoms with Gasteiger partial charge in [0, 0.05) is 16.8 Å². The van der Waals surface area contributed by atoms with Crippen molar-refractivity contribution in [2.45, 2.75) is 13.8 Å². The van der Waals surface area contributed by atoms with E-state index in [4.69, 9.17) is 9.47 Å². The Morgan fingerprint density at radius 1 is 1.07 bits per heavy atom. The van der Waals surface area contributed by atoms with Gasteiger partial charge in [-0.25, -0.2) is 0 Å². The van der Waals surface area contributed by atoms with E-state index in [0.717, 1.165) is 32.6 Å². The number of anilines is 1. The van der Waals surface area contributed by atoms with Crippen molar-refractivity contribution >= 4 is 27.9 Å². The molecule has 1 aliphatic rings. The van der Waals surface area contributed by atoms with Crippen LogP contribution in [0.2, 0.25) is 0 Å². The van der Waals surface area contributed by atoms with Gasteiger partial charge < -0.3 is 14.8 Å². The molecular formula is C20H17N5O3S. The molecule has 2 aromatic heterocycles. The van der Waals surface area contributed by atoms with Crippen LogP contribution in [0.5, 0.6) is 11.5 Å². The summed E-state index contributed by atoms with van der Waals surface area (Å²) >= 11 is 1.45. The summed E-state index contributed by atoms with van der Waals surface area (Å²) < 4.78 is 12.8. The number of fused-ring (bicyclic) bond motifs is 2. The molecule has 1 aliphatic heterocycles. The van der Waals surface area contributed by atoms with Crippen molar-refractivity contribution in [3.05, 3.63) is 53.3 Å². The summed E-state index contributed by atoms with van der Waals surface area (Å²) in [7, 11) is 0. The Morgan fingerprint density at radius 2 is 1.90 bits per heavy atom. The first kappa shape index (κ1) is 17.6. The summed E-state index contributed by atoms with van der Waals surface area (Å²) in [5, 5.41) is 16.5. The van der Waals surface area contributed by atoms with Crippen LogP contribution in [0.25, 0.3) is 15.5 Å². The second-order valence-electron chi connectivity index (χ2n) is 6.69. The highest BCUT2D eigenvalue weighted by Crippen LogP contribution is 2.32. The normalized spacial score (nSPS) is 12.9. The molecule has 1 N–H and O–H groups in total. The smallest absolute Gasteiger partial charge is 0.255 e. The Bertz CT molecular complexity index is 1250. The molecule has 0 aliphatic carbocycles. The zero-order valence-electron chi connectivity index (χ0n) is 15.8. The molecule has 146 valence electrons. The molecule has 0 saturated carbocycles. The fourth-order valence-electron chi connectivity index (χ4n) is 3.10. The zero-order chi connectivity index (χ0) is 20.0. The lowest BCUT2D eigenvalue weighted by atomic mass is 10.1. The summed E-state index contributed by atoms with van der Waals surface area (Å²) in [4.78, 5) is 13.5. The van der Waals surface area contributed by atoms with Gasteiger partial charge in [-0.2, -0.15) is 9.61 Å². The maximum absolute atomic E-state index is 12.8. The third-order valence-corrected chi connectivity index (χ3v) is 5.63. The highest BCUT2D eigenvalue weighted by atomic mass is 32.1. The summed E-state index contributed by atoms with van der Waals surface area (Å²) in [5.41, 5.74) is 3.10. The largest absolute Gasteiger partial charge is 0.486 e. The van der Waals surface area contributed by atoms with Crippen molar-refractivity contribution < 1.29 is 14.3 Å². The molecule has 4 aromatic rings. The first-order valence-corrected chi connectivity index (χ1v) is 9.91. The molecular weight excluding hydrogens is 390 g/mol. The number of ether oxygens (including phenoxy) is 2. The summed E-state index contributed by atoms with van der Waals surface area (Å²) in [6, 6.07) is 11.1. The van der Waals surface area contributed by atoms with Gasteiger partial charge in [0.15, 0.2) is 17.3 Å². The van der Waals surface area contributed by atoms with Crippen LogP contribution < -0.4 is 14.8 Å². The summed E-state index contributed by atoms with van der Waals surface area (Å²) in [6.07, 6.45) is 0. The maximum atomic E-state index is 12.8. The molecule has 0 unspecified atom stereocenters. The predicted octanol–water partition coefficient (Wildman–Crippen LogP) is 3.49. The molecule has 2 aromatic carbocycles. The Morgan fingerprint density at radius 3 is 2.72 bits per heavy atom. The van der Waals surface area contributed by atoms with Gasteiger partial charge in [-0.05, 0) is 43.7 Å². The van der Waals surface area contributed by atoms with Crippen LogP contribution in [0, 0.1) is 13.8 Å². The molecule has 0 radical (unpaired) electrons. The minimum atomic E-state index is -0.212. The van der Waals surface area contributed by atoms with Crippen LogP contribution >= 0.6 is 11.3 Å². The minimum Gasteiger partial charge on any atom is -0.486 e. The number of hydrogen-bond donors (Lipinski definition) is 1. The Kier molecular flexibility index (Phi) is 4.17. The number of nitrogens with one attached hydrogen (secondary N) is 1. The third kappa shape index (κ3) is 3.19. The topological polar surface area (TPSA) is 90.6 Å². The molecule has 0 fully saturated rings. The van der Waals surface area contributed by atoms with Gasteiger partial charge in [-0.3, -0.25) is 4.79 Å². The molecule has 0 spiro atoms. The number of carbonyl (C=O) groups is 1. The molecule has 29 heavy (non-hydrogen) atoms. The monoisotopic (exact) mass is 407 g/mol. The fourth-order valence-corrected chi connectivity index (χ4v) is 3.98. The molecule has 8 nitrogen and oxygen atoms in total. The highest BCUT2D eigenvalue weighted by Gasteiger charge is 2.17. The first-order chi connectivity index (χ1) is 14.1. The van der Waals surface area contributed by atoms with Crippen molar-refractivity contribution in [1.82, 2.24) is 19.8 Å². The third-order valence-electron chi connectivity index (χ3n) is 4.68. The Labute approximate surface area is 170 Å². The van der Waals surface area contributed by atoms with Gasteiger partial charge in [-0.1, -0.05) is 23.5 Å². The highest BCUT2D eigenvalue weighted by molar-refractivity contribution is 7.19. The number of hydrogen-bond acceptors (Lipinski definition) is 7. The van der Waals surface area contributed by atoms with E-state index in [9.17, 15) is 4.79 Å². The van der Waals surface area contributed by atoms with Crippen molar-refractivity contribution in [3.63, 3.8) is 0 Å². The minimum absolute atomic E-state index is 0.212.